The van der Waals surface area contributed by atoms with E-state index < -0.39 is 0 Å². The van der Waals surface area contributed by atoms with E-state index in [1.807, 2.05) is 0 Å². The zero-order valence-electron chi connectivity index (χ0n) is 23.0. The second-order valence-corrected chi connectivity index (χ2v) is 11.3. The molecule has 0 radical (unpaired) electrons. The zero-order valence-corrected chi connectivity index (χ0v) is 23.0. The molecule has 0 unspecified atom stereocenters. The molecular weight excluding hydrogens is 504 g/mol. The highest BCUT2D eigenvalue weighted by atomic mass is 14.2. The fourth-order valence-electron chi connectivity index (χ4n) is 6.96. The van der Waals surface area contributed by atoms with Crippen LogP contribution in [0.3, 0.4) is 0 Å². The Labute approximate surface area is 244 Å². The fourth-order valence-corrected chi connectivity index (χ4v) is 6.96. The van der Waals surface area contributed by atoms with Crippen molar-refractivity contribution < 1.29 is 0 Å². The summed E-state index contributed by atoms with van der Waals surface area (Å²) in [6, 6.07) is 58.2. The molecule has 194 valence electrons. The summed E-state index contributed by atoms with van der Waals surface area (Å²) in [6.07, 6.45) is 0. The van der Waals surface area contributed by atoms with Crippen LogP contribution in [0.1, 0.15) is 0 Å². The van der Waals surface area contributed by atoms with E-state index in [0.29, 0.717) is 0 Å². The topological polar surface area (TPSA) is 0 Å². The molecule has 0 bridgehead atoms. The minimum atomic E-state index is 1.24. The molecule has 0 saturated carbocycles. The normalized spacial score (nSPS) is 11.8. The van der Waals surface area contributed by atoms with Crippen molar-refractivity contribution in [1.82, 2.24) is 0 Å². The lowest BCUT2D eigenvalue weighted by atomic mass is 9.85. The van der Waals surface area contributed by atoms with Crippen molar-refractivity contribution in [2.24, 2.45) is 0 Å². The van der Waals surface area contributed by atoms with Gasteiger partial charge in [-0.15, -0.1) is 0 Å². The van der Waals surface area contributed by atoms with E-state index in [4.69, 9.17) is 0 Å². The lowest BCUT2D eigenvalue weighted by Crippen LogP contribution is -1.91. The van der Waals surface area contributed by atoms with Gasteiger partial charge in [0.25, 0.3) is 0 Å². The van der Waals surface area contributed by atoms with Gasteiger partial charge in [0.1, 0.15) is 0 Å². The fraction of sp³-hybridized carbons (Fsp3) is 0. The predicted octanol–water partition coefficient (Wildman–Crippen LogP) is 11.9. The predicted molar refractivity (Wildman–Crippen MR) is 181 cm³/mol. The van der Waals surface area contributed by atoms with Crippen molar-refractivity contribution in [1.29, 1.82) is 0 Å². The van der Waals surface area contributed by atoms with Crippen LogP contribution in [0.2, 0.25) is 0 Å². The van der Waals surface area contributed by atoms with Crippen molar-refractivity contribution in [3.8, 4) is 33.4 Å². The molecule has 9 aromatic rings. The molecule has 0 saturated heterocycles. The summed E-state index contributed by atoms with van der Waals surface area (Å²) in [5.41, 5.74) is 7.59. The summed E-state index contributed by atoms with van der Waals surface area (Å²) in [5, 5.41) is 12.9. The Kier molecular flexibility index (Phi) is 5.00. The Morgan fingerprint density at radius 1 is 0.238 bits per heavy atom. The van der Waals surface area contributed by atoms with E-state index in [1.165, 1.54) is 87.2 Å². The van der Waals surface area contributed by atoms with Crippen LogP contribution in [0, 0.1) is 0 Å². The van der Waals surface area contributed by atoms with Crippen LogP contribution in [0.4, 0.5) is 0 Å². The minimum absolute atomic E-state index is 1.24. The summed E-state index contributed by atoms with van der Waals surface area (Å²) in [5.74, 6) is 0. The molecule has 0 heterocycles. The average molecular weight is 531 g/mol. The van der Waals surface area contributed by atoms with Gasteiger partial charge in [0.05, 0.1) is 0 Å². The number of hydrogen-bond donors (Lipinski definition) is 0. The van der Waals surface area contributed by atoms with Gasteiger partial charge in [0.2, 0.25) is 0 Å². The molecular formula is C42H26. The minimum Gasteiger partial charge on any atom is -0.0622 e. The van der Waals surface area contributed by atoms with Crippen LogP contribution >= 0.6 is 0 Å². The van der Waals surface area contributed by atoms with E-state index in [-0.39, 0.29) is 0 Å². The van der Waals surface area contributed by atoms with E-state index in [9.17, 15) is 0 Å². The van der Waals surface area contributed by atoms with E-state index >= 15 is 0 Å². The molecule has 0 nitrogen and oxygen atoms in total. The molecule has 0 heteroatoms. The lowest BCUT2D eigenvalue weighted by molar-refractivity contribution is 1.63. The molecule has 0 spiro atoms. The largest absolute Gasteiger partial charge is 0.0622 e. The first-order valence-corrected chi connectivity index (χ1v) is 14.6. The number of rotatable bonds is 3. The third-order valence-electron chi connectivity index (χ3n) is 8.99. The van der Waals surface area contributed by atoms with Crippen molar-refractivity contribution in [2.45, 2.75) is 0 Å². The van der Waals surface area contributed by atoms with Crippen LogP contribution < -0.4 is 0 Å². The van der Waals surface area contributed by atoms with Crippen LogP contribution in [-0.4, -0.2) is 0 Å². The van der Waals surface area contributed by atoms with E-state index in [0.717, 1.165) is 0 Å². The van der Waals surface area contributed by atoms with Crippen LogP contribution in [-0.2, 0) is 0 Å². The first-order chi connectivity index (χ1) is 20.8. The second-order valence-electron chi connectivity index (χ2n) is 11.3. The summed E-state index contributed by atoms with van der Waals surface area (Å²) < 4.78 is 0. The first-order valence-electron chi connectivity index (χ1n) is 14.6. The van der Waals surface area contributed by atoms with Gasteiger partial charge in [-0.3, -0.25) is 0 Å². The van der Waals surface area contributed by atoms with Crippen molar-refractivity contribution in [3.05, 3.63) is 158 Å². The van der Waals surface area contributed by atoms with Gasteiger partial charge in [0.15, 0.2) is 0 Å². The van der Waals surface area contributed by atoms with Crippen molar-refractivity contribution in [3.63, 3.8) is 0 Å². The van der Waals surface area contributed by atoms with Gasteiger partial charge >= 0.3 is 0 Å². The van der Waals surface area contributed by atoms with Crippen LogP contribution in [0.15, 0.2) is 158 Å². The van der Waals surface area contributed by atoms with Crippen molar-refractivity contribution >= 4 is 53.9 Å². The Balaban J connectivity index is 1.35. The highest BCUT2D eigenvalue weighted by molar-refractivity contribution is 6.28. The zero-order chi connectivity index (χ0) is 27.6. The van der Waals surface area contributed by atoms with Crippen LogP contribution in [0.25, 0.3) is 87.2 Å². The maximum atomic E-state index is 2.38. The third kappa shape index (κ3) is 3.49. The molecule has 9 aromatic carbocycles. The highest BCUT2D eigenvalue weighted by Gasteiger charge is 2.17. The van der Waals surface area contributed by atoms with Gasteiger partial charge in [-0.1, -0.05) is 140 Å². The lowest BCUT2D eigenvalue weighted by Gasteiger charge is -2.19. The molecule has 0 N–H and O–H groups in total. The molecule has 0 atom stereocenters. The van der Waals surface area contributed by atoms with Crippen LogP contribution in [0.5, 0.6) is 0 Å². The first kappa shape index (κ1) is 23.3. The molecule has 0 amide bonds. The Bertz CT molecular complexity index is 2450. The van der Waals surface area contributed by atoms with Gasteiger partial charge in [-0.05, 0) is 105 Å². The Morgan fingerprint density at radius 2 is 0.738 bits per heavy atom. The monoisotopic (exact) mass is 530 g/mol. The number of fused-ring (bicyclic) bond motifs is 2. The van der Waals surface area contributed by atoms with Gasteiger partial charge in [-0.2, -0.15) is 0 Å². The van der Waals surface area contributed by atoms with E-state index in [2.05, 4.69) is 158 Å². The quantitative estimate of drug-likeness (QED) is 0.199. The molecule has 42 heavy (non-hydrogen) atoms. The molecule has 0 fully saturated rings. The van der Waals surface area contributed by atoms with Gasteiger partial charge in [0, 0.05) is 0 Å². The molecule has 0 aliphatic heterocycles. The number of benzene rings is 9. The molecule has 9 rings (SSSR count). The molecule has 0 aromatic heterocycles. The average Bonchev–Trinajstić information content (AvgIpc) is 3.06. The smallest absolute Gasteiger partial charge is 0.00203 e. The standard InChI is InChI=1S/C42H26/c1-2-9-28(10-3-1)39-25-32-12-6-7-13-33(32)26-40(39)36-21-17-30-18-22-37-35(20-16-29-19-23-38(36)42(30)41(29)37)34-15-14-27-8-4-5-11-31(27)24-34/h1-26H. The summed E-state index contributed by atoms with van der Waals surface area (Å²) in [7, 11) is 0. The highest BCUT2D eigenvalue weighted by Crippen LogP contribution is 2.45. The molecule has 0 aliphatic carbocycles. The second kappa shape index (κ2) is 9.03. The summed E-state index contributed by atoms with van der Waals surface area (Å²) >= 11 is 0. The maximum Gasteiger partial charge on any atom is -0.00203 e. The van der Waals surface area contributed by atoms with Gasteiger partial charge in [-0.25, -0.2) is 0 Å². The van der Waals surface area contributed by atoms with Gasteiger partial charge < -0.3 is 0 Å². The van der Waals surface area contributed by atoms with E-state index in [1.54, 1.807) is 0 Å². The SMILES string of the molecule is c1ccc(-c2cc3ccccc3cc2-c2ccc3ccc4c(-c5ccc6ccccc6c5)ccc5ccc2c3c54)cc1. The Hall–Kier alpha value is -5.46. The maximum absolute atomic E-state index is 2.38. The van der Waals surface area contributed by atoms with Crippen molar-refractivity contribution in [2.75, 3.05) is 0 Å². The summed E-state index contributed by atoms with van der Waals surface area (Å²) in [6.45, 7) is 0. The summed E-state index contributed by atoms with van der Waals surface area (Å²) in [4.78, 5) is 0. The molecule has 0 aliphatic rings. The number of hydrogen-bond acceptors (Lipinski definition) is 0. The third-order valence-corrected chi connectivity index (χ3v) is 8.99. The Morgan fingerprint density at radius 3 is 1.43 bits per heavy atom.